The number of hydrogen-bond acceptors (Lipinski definition) is 2. The first-order valence-corrected chi connectivity index (χ1v) is 2.10. The summed E-state index contributed by atoms with van der Waals surface area (Å²) in [7, 11) is -4.67. The summed E-state index contributed by atoms with van der Waals surface area (Å²) in [5, 5.41) is 0. The Bertz CT molecular complexity index is 94.9. The van der Waals surface area contributed by atoms with Crippen molar-refractivity contribution in [2.45, 2.75) is 0 Å². The minimum absolute atomic E-state index is 0. The van der Waals surface area contributed by atoms with Gasteiger partial charge in [-0.3, -0.25) is 9.11 Å². The molecule has 40 valence electrons. The van der Waals surface area contributed by atoms with E-state index < -0.39 is 10.4 Å². The van der Waals surface area contributed by atoms with Crippen LogP contribution in [-0.2, 0) is 10.4 Å². The molecule has 0 aromatic rings. The molecule has 2 N–H and O–H groups in total. The Hall–Kier alpha value is 2.92. The van der Waals surface area contributed by atoms with Crippen LogP contribution in [0.25, 0.3) is 0 Å². The van der Waals surface area contributed by atoms with Crippen LogP contribution in [0.1, 0.15) is 0 Å². The summed E-state index contributed by atoms with van der Waals surface area (Å²) in [4.78, 5) is 0. The second kappa shape index (κ2) is 7.03. The molecule has 0 heterocycles. The fourth-order valence-electron chi connectivity index (χ4n) is 0. The van der Waals surface area contributed by atoms with Gasteiger partial charge in [-0.1, -0.05) is 0 Å². The van der Waals surface area contributed by atoms with Crippen LogP contribution in [-0.4, -0.2) is 112 Å². The van der Waals surface area contributed by atoms with Crippen LogP contribution in [0.2, 0.25) is 0 Å². The van der Waals surface area contributed by atoms with Gasteiger partial charge in [0.05, 0.1) is 0 Å². The number of rotatable bonds is 0. The maximum atomic E-state index is 8.74. The van der Waals surface area contributed by atoms with Crippen LogP contribution in [0.3, 0.4) is 0 Å². The van der Waals surface area contributed by atoms with Gasteiger partial charge in [0.2, 0.25) is 0 Å². The van der Waals surface area contributed by atoms with Crippen LogP contribution < -0.4 is 0 Å². The van der Waals surface area contributed by atoms with Crippen LogP contribution in [0.5, 0.6) is 0 Å². The van der Waals surface area contributed by atoms with Gasteiger partial charge in [-0.05, 0) is 0 Å². The molecular formula is H6BaO4SSr. The molecule has 0 aliphatic carbocycles. The van der Waals surface area contributed by atoms with Gasteiger partial charge in [-0.2, -0.15) is 8.42 Å². The van der Waals surface area contributed by atoms with Gasteiger partial charge in [0.1, 0.15) is 0 Å². The predicted octanol–water partition coefficient (Wildman–Crippen LogP) is -2.49. The maximum absolute atomic E-state index is 8.74. The van der Waals surface area contributed by atoms with Gasteiger partial charge in [0.25, 0.3) is 0 Å². The average Bonchev–Trinajstić information content (AvgIpc) is 0.722. The molecule has 0 spiro atoms. The summed E-state index contributed by atoms with van der Waals surface area (Å²) in [6.45, 7) is 0. The molecule has 4 nitrogen and oxygen atoms in total. The molecular weight excluding hydrogens is 321 g/mol. The van der Waals surface area contributed by atoms with Crippen LogP contribution in [0, 0.1) is 0 Å². The zero-order valence-electron chi connectivity index (χ0n) is 2.12. The molecule has 0 unspecified atom stereocenters. The summed E-state index contributed by atoms with van der Waals surface area (Å²) < 4.78 is 31.6. The first kappa shape index (κ1) is 16.5. The second-order valence-corrected chi connectivity index (χ2v) is 1.34. The summed E-state index contributed by atoms with van der Waals surface area (Å²) in [6.07, 6.45) is 0. The van der Waals surface area contributed by atoms with Crippen molar-refractivity contribution < 1.29 is 17.5 Å². The normalized spacial score (nSPS) is 8.29. The van der Waals surface area contributed by atoms with Gasteiger partial charge in [0.15, 0.2) is 0 Å². The first-order chi connectivity index (χ1) is 2.00. The molecule has 0 bridgehead atoms. The van der Waals surface area contributed by atoms with E-state index >= 15 is 0 Å². The van der Waals surface area contributed by atoms with Crippen molar-refractivity contribution in [3.05, 3.63) is 0 Å². The molecule has 0 atom stereocenters. The summed E-state index contributed by atoms with van der Waals surface area (Å²) in [5.41, 5.74) is 0. The topological polar surface area (TPSA) is 74.6 Å². The SMILES string of the molecule is O=S(=O)(O)O.[BaH2].[SrH2]. The summed E-state index contributed by atoms with van der Waals surface area (Å²) in [6, 6.07) is 0. The molecule has 0 saturated heterocycles. The monoisotopic (exact) mass is 328 g/mol. The average molecular weight is 327 g/mol. The fourth-order valence-corrected chi connectivity index (χ4v) is 0. The molecule has 0 saturated carbocycles. The standard InChI is InChI=1S/Ba.H2O4S.Sr.4H/c;1-5(2,3)4;;;;;/h;(H2,1,2,3,4);;;;;. The molecule has 0 aliphatic rings. The van der Waals surface area contributed by atoms with Gasteiger partial charge in [0, 0.05) is 0 Å². The Morgan fingerprint density at radius 1 is 1.14 bits per heavy atom. The third kappa shape index (κ3) is 50.1. The van der Waals surface area contributed by atoms with E-state index in [1.54, 1.807) is 0 Å². The van der Waals surface area contributed by atoms with E-state index in [0.717, 1.165) is 0 Å². The van der Waals surface area contributed by atoms with E-state index in [9.17, 15) is 0 Å². The first-order valence-electron chi connectivity index (χ1n) is 0.698. The molecule has 0 radical (unpaired) electrons. The van der Waals surface area contributed by atoms with Gasteiger partial charge in [-0.25, -0.2) is 0 Å². The second-order valence-electron chi connectivity index (χ2n) is 0.448. The van der Waals surface area contributed by atoms with Crippen molar-refractivity contribution in [3.63, 3.8) is 0 Å². The van der Waals surface area contributed by atoms with Crippen molar-refractivity contribution in [2.75, 3.05) is 0 Å². The fraction of sp³-hybridized carbons (Fsp3) is 0. The van der Waals surface area contributed by atoms with Crippen molar-refractivity contribution in [1.82, 2.24) is 0 Å². The molecule has 0 aliphatic heterocycles. The van der Waals surface area contributed by atoms with Crippen molar-refractivity contribution in [1.29, 1.82) is 0 Å². The molecule has 0 aromatic heterocycles. The van der Waals surface area contributed by atoms with Crippen LogP contribution >= 0.6 is 0 Å². The van der Waals surface area contributed by atoms with Gasteiger partial charge in [-0.15, -0.1) is 0 Å². The Labute approximate surface area is 119 Å². The van der Waals surface area contributed by atoms with Gasteiger partial charge >= 0.3 is 105 Å². The molecule has 0 fully saturated rings. The third-order valence-electron chi connectivity index (χ3n) is 0. The van der Waals surface area contributed by atoms with Crippen LogP contribution in [0.4, 0.5) is 0 Å². The molecule has 0 aromatic carbocycles. The third-order valence-corrected chi connectivity index (χ3v) is 0. The Kier molecular flexibility index (Phi) is 16.6. The summed E-state index contributed by atoms with van der Waals surface area (Å²) >= 11 is 0. The molecule has 0 amide bonds. The Morgan fingerprint density at radius 3 is 1.14 bits per heavy atom. The Balaban J connectivity index is -0.0000000800. The Morgan fingerprint density at radius 2 is 1.14 bits per heavy atom. The van der Waals surface area contributed by atoms with E-state index in [4.69, 9.17) is 17.5 Å². The van der Waals surface area contributed by atoms with Gasteiger partial charge < -0.3 is 0 Å². The van der Waals surface area contributed by atoms with Crippen molar-refractivity contribution in [2.24, 2.45) is 0 Å². The molecule has 7 heavy (non-hydrogen) atoms. The zero-order valence-corrected chi connectivity index (χ0v) is 2.94. The van der Waals surface area contributed by atoms with Crippen LogP contribution in [0.15, 0.2) is 0 Å². The molecule has 0 rings (SSSR count). The van der Waals surface area contributed by atoms with E-state index in [-0.39, 0.29) is 94.4 Å². The molecule has 7 heteroatoms. The quantitative estimate of drug-likeness (QED) is 0.382. The number of hydrogen-bond donors (Lipinski definition) is 2. The van der Waals surface area contributed by atoms with Crippen molar-refractivity contribution in [3.8, 4) is 0 Å². The van der Waals surface area contributed by atoms with E-state index in [1.165, 1.54) is 0 Å². The van der Waals surface area contributed by atoms with E-state index in [1.807, 2.05) is 0 Å². The van der Waals surface area contributed by atoms with E-state index in [2.05, 4.69) is 0 Å². The summed E-state index contributed by atoms with van der Waals surface area (Å²) in [5.74, 6) is 0. The zero-order chi connectivity index (χ0) is 4.50. The van der Waals surface area contributed by atoms with E-state index in [0.29, 0.717) is 0 Å². The minimum atomic E-state index is -4.67. The predicted molar refractivity (Wildman–Crippen MR) is 31.3 cm³/mol. The van der Waals surface area contributed by atoms with Crippen molar-refractivity contribution >= 4 is 105 Å².